The Balaban J connectivity index is 0.000000200. The average Bonchev–Trinajstić information content (AvgIpc) is 3.28. The van der Waals surface area contributed by atoms with Crippen LogP contribution in [0.2, 0.25) is 0 Å². The van der Waals surface area contributed by atoms with Gasteiger partial charge in [-0.25, -0.2) is 8.78 Å². The Morgan fingerprint density at radius 3 is 1.56 bits per heavy atom. The molecule has 8 nitrogen and oxygen atoms in total. The van der Waals surface area contributed by atoms with Crippen LogP contribution in [0.4, 0.5) is 20.2 Å². The maximum absolute atomic E-state index is 14.1. The SMILES string of the molecule is C=C(C)B1OC(C)(C)C(C)(C)O1.C=C(C)c1c(N)c(C2CCOCC2)cc(C#N)c1F.N#Cc1cc(C2CCOCC2)c(N)c(Br)c1F. The summed E-state index contributed by atoms with van der Waals surface area (Å²) < 4.78 is 50.0. The molecule has 3 fully saturated rings. The molecule has 3 heterocycles. The number of nitriles is 2. The fourth-order valence-electron chi connectivity index (χ4n) is 5.67. The van der Waals surface area contributed by atoms with Gasteiger partial charge in [-0.3, -0.25) is 0 Å². The molecule has 0 saturated carbocycles. The topological polar surface area (TPSA) is 137 Å². The smallest absolute Gasteiger partial charge is 0.400 e. The largest absolute Gasteiger partial charge is 0.489 e. The first kappa shape index (κ1) is 39.2. The van der Waals surface area contributed by atoms with E-state index in [1.807, 2.05) is 46.8 Å². The van der Waals surface area contributed by atoms with E-state index in [9.17, 15) is 8.78 Å². The normalized spacial score (nSPS) is 18.8. The van der Waals surface area contributed by atoms with Crippen LogP contribution in [0.5, 0.6) is 0 Å². The quantitative estimate of drug-likeness (QED) is 0.237. The lowest BCUT2D eigenvalue weighted by atomic mass is 9.81. The zero-order valence-corrected chi connectivity index (χ0v) is 30.4. The molecule has 3 saturated heterocycles. The summed E-state index contributed by atoms with van der Waals surface area (Å²) in [5, 5.41) is 17.9. The number of nitrogens with two attached hydrogens (primary N) is 2. The summed E-state index contributed by atoms with van der Waals surface area (Å²) >= 11 is 3.11. The molecule has 2 aromatic rings. The third-order valence-electron chi connectivity index (χ3n) is 9.26. The van der Waals surface area contributed by atoms with Gasteiger partial charge in [-0.15, -0.1) is 6.58 Å². The molecule has 0 aromatic heterocycles. The van der Waals surface area contributed by atoms with Crippen LogP contribution in [-0.4, -0.2) is 44.7 Å². The molecule has 5 rings (SSSR count). The van der Waals surface area contributed by atoms with Crippen molar-refractivity contribution in [1.29, 1.82) is 10.5 Å². The lowest BCUT2D eigenvalue weighted by Crippen LogP contribution is -2.41. The van der Waals surface area contributed by atoms with E-state index in [2.05, 4.69) is 29.1 Å². The van der Waals surface area contributed by atoms with E-state index in [1.54, 1.807) is 19.1 Å². The van der Waals surface area contributed by atoms with Crippen LogP contribution in [0.25, 0.3) is 5.57 Å². The highest BCUT2D eigenvalue weighted by Crippen LogP contribution is 2.40. The van der Waals surface area contributed by atoms with Gasteiger partial charge < -0.3 is 30.2 Å². The van der Waals surface area contributed by atoms with Gasteiger partial charge in [0, 0.05) is 37.7 Å². The van der Waals surface area contributed by atoms with Crippen molar-refractivity contribution in [2.75, 3.05) is 37.9 Å². The van der Waals surface area contributed by atoms with Gasteiger partial charge in [0.25, 0.3) is 0 Å². The number of hydrogen-bond donors (Lipinski definition) is 2. The number of nitrogens with zero attached hydrogens (tertiary/aromatic N) is 2. The molecule has 3 aliphatic heterocycles. The summed E-state index contributed by atoms with van der Waals surface area (Å²) in [5.41, 5.74) is 15.8. The van der Waals surface area contributed by atoms with Crippen LogP contribution in [0.3, 0.4) is 0 Å². The van der Waals surface area contributed by atoms with Crippen molar-refractivity contribution in [3.63, 3.8) is 0 Å². The van der Waals surface area contributed by atoms with Gasteiger partial charge in [0.05, 0.1) is 32.5 Å². The minimum absolute atomic E-state index is 0.0348. The zero-order chi connectivity index (χ0) is 36.0. The van der Waals surface area contributed by atoms with E-state index in [1.165, 1.54) is 0 Å². The van der Waals surface area contributed by atoms with Crippen molar-refractivity contribution >= 4 is 40.0 Å². The molecule has 4 N–H and O–H groups in total. The summed E-state index contributed by atoms with van der Waals surface area (Å²) in [6.45, 7) is 22.0. The number of rotatable bonds is 4. The van der Waals surface area contributed by atoms with Crippen LogP contribution < -0.4 is 11.5 Å². The second-order valence-electron chi connectivity index (χ2n) is 13.4. The molecular formula is C36H46BBrF2N4O4. The van der Waals surface area contributed by atoms with E-state index in [0.29, 0.717) is 43.4 Å². The first-order valence-corrected chi connectivity index (χ1v) is 16.8. The summed E-state index contributed by atoms with van der Waals surface area (Å²) in [6.07, 6.45) is 3.40. The third-order valence-corrected chi connectivity index (χ3v) is 10.0. The number of benzene rings is 2. The van der Waals surface area contributed by atoms with Gasteiger partial charge in [0.1, 0.15) is 18.0 Å². The highest BCUT2D eigenvalue weighted by Gasteiger charge is 2.51. The zero-order valence-electron chi connectivity index (χ0n) is 28.8. The fourth-order valence-corrected chi connectivity index (χ4v) is 6.11. The van der Waals surface area contributed by atoms with Crippen LogP contribution in [0.15, 0.2) is 35.2 Å². The molecule has 2 aromatic carbocycles. The van der Waals surface area contributed by atoms with Crippen molar-refractivity contribution in [3.8, 4) is 12.1 Å². The molecule has 0 bridgehead atoms. The Morgan fingerprint density at radius 2 is 1.21 bits per heavy atom. The number of allylic oxidation sites excluding steroid dienone is 2. The minimum atomic E-state index is -0.583. The third kappa shape index (κ3) is 8.85. The molecule has 0 spiro atoms. The number of nitrogen functional groups attached to an aromatic ring is 2. The van der Waals surface area contributed by atoms with E-state index >= 15 is 0 Å². The number of anilines is 2. The Labute approximate surface area is 292 Å². The molecule has 0 amide bonds. The van der Waals surface area contributed by atoms with E-state index in [-0.39, 0.29) is 51.3 Å². The van der Waals surface area contributed by atoms with Crippen molar-refractivity contribution in [2.24, 2.45) is 0 Å². The van der Waals surface area contributed by atoms with Gasteiger partial charge in [-0.05, 0) is 124 Å². The monoisotopic (exact) mass is 726 g/mol. The lowest BCUT2D eigenvalue weighted by Gasteiger charge is -2.32. The first-order chi connectivity index (χ1) is 22.5. The van der Waals surface area contributed by atoms with Gasteiger partial charge in [-0.2, -0.15) is 10.5 Å². The molecule has 258 valence electrons. The van der Waals surface area contributed by atoms with Crippen LogP contribution in [0, 0.1) is 34.3 Å². The Morgan fingerprint density at radius 1 is 0.812 bits per heavy atom. The summed E-state index contributed by atoms with van der Waals surface area (Å²) in [7, 11) is -0.241. The summed E-state index contributed by atoms with van der Waals surface area (Å²) in [6, 6.07) is 6.88. The molecule has 0 atom stereocenters. The predicted molar refractivity (Wildman–Crippen MR) is 190 cm³/mol. The van der Waals surface area contributed by atoms with Crippen LogP contribution >= 0.6 is 15.9 Å². The van der Waals surface area contributed by atoms with Crippen molar-refractivity contribution < 1.29 is 27.6 Å². The van der Waals surface area contributed by atoms with Crippen molar-refractivity contribution in [2.45, 2.75) is 90.3 Å². The van der Waals surface area contributed by atoms with E-state index in [4.69, 9.17) is 40.8 Å². The Hall–Kier alpha value is -3.26. The van der Waals surface area contributed by atoms with Crippen molar-refractivity contribution in [1.82, 2.24) is 0 Å². The second-order valence-corrected chi connectivity index (χ2v) is 14.2. The predicted octanol–water partition coefficient (Wildman–Crippen LogP) is 8.34. The van der Waals surface area contributed by atoms with Gasteiger partial charge >= 0.3 is 7.12 Å². The Kier molecular flexibility index (Phi) is 13.4. The molecule has 0 aliphatic carbocycles. The average molecular weight is 727 g/mol. The Bertz CT molecular complexity index is 1590. The maximum Gasteiger partial charge on any atom is 0.489 e. The van der Waals surface area contributed by atoms with Gasteiger partial charge in [0.15, 0.2) is 5.82 Å². The summed E-state index contributed by atoms with van der Waals surface area (Å²) in [4.78, 5) is 0. The fraction of sp³-hybridized carbons (Fsp3) is 0.500. The van der Waals surface area contributed by atoms with Crippen LogP contribution in [-0.2, 0) is 18.8 Å². The minimum Gasteiger partial charge on any atom is -0.400 e. The van der Waals surface area contributed by atoms with Gasteiger partial charge in [0.2, 0.25) is 0 Å². The molecular weight excluding hydrogens is 681 g/mol. The maximum atomic E-state index is 14.1. The molecule has 12 heteroatoms. The van der Waals surface area contributed by atoms with Crippen molar-refractivity contribution in [3.05, 3.63) is 74.7 Å². The lowest BCUT2D eigenvalue weighted by molar-refractivity contribution is 0.00578. The second kappa shape index (κ2) is 16.4. The highest BCUT2D eigenvalue weighted by molar-refractivity contribution is 9.10. The number of halogens is 3. The molecule has 48 heavy (non-hydrogen) atoms. The number of ether oxygens (including phenoxy) is 2. The highest BCUT2D eigenvalue weighted by atomic mass is 79.9. The van der Waals surface area contributed by atoms with Crippen LogP contribution in [0.1, 0.15) is 107 Å². The summed E-state index contributed by atoms with van der Waals surface area (Å²) in [5.74, 6) is -0.684. The standard InChI is InChI=1S/C15H17FN2O.C12H12BrFN2O.C9H17BO2/c1-9(2)13-14(16)11(8-17)7-12(15(13)18)10-3-5-19-6-4-10;13-10-11(14)8(6-15)5-9(12(10)16)7-1-3-17-4-2-7;1-7(2)10-11-8(3,4)9(5,6)12-10/h7,10H,1,3-6,18H2,2H3;5,7H,1-4,16H2;1H2,2-6H3. The molecule has 0 unspecified atom stereocenters. The molecule has 0 radical (unpaired) electrons. The van der Waals surface area contributed by atoms with E-state index in [0.717, 1.165) is 42.3 Å². The first-order valence-electron chi connectivity index (χ1n) is 16.0. The van der Waals surface area contributed by atoms with Gasteiger partial charge in [-0.1, -0.05) is 12.1 Å². The molecule has 3 aliphatic rings. The number of hydrogen-bond acceptors (Lipinski definition) is 8. The van der Waals surface area contributed by atoms with E-state index < -0.39 is 11.6 Å².